The fourth-order valence-corrected chi connectivity index (χ4v) is 3.14. The zero-order valence-corrected chi connectivity index (χ0v) is 11.9. The zero-order valence-electron chi connectivity index (χ0n) is 10.4. The van der Waals surface area contributed by atoms with E-state index in [2.05, 4.69) is 33.8 Å². The van der Waals surface area contributed by atoms with Crippen molar-refractivity contribution in [3.63, 3.8) is 0 Å². The Labute approximate surface area is 111 Å². The van der Waals surface area contributed by atoms with E-state index in [-0.39, 0.29) is 0 Å². The summed E-state index contributed by atoms with van der Waals surface area (Å²) in [6, 6.07) is 4.39. The molecular formula is C13H21BrN2O. The molecule has 4 heteroatoms. The van der Waals surface area contributed by atoms with Gasteiger partial charge in [-0.15, -0.1) is 0 Å². The Hall–Kier alpha value is -0.320. The van der Waals surface area contributed by atoms with Crippen molar-refractivity contribution in [2.24, 2.45) is 11.7 Å². The second-order valence-corrected chi connectivity index (χ2v) is 5.49. The van der Waals surface area contributed by atoms with Gasteiger partial charge in [0.25, 0.3) is 0 Å². The lowest BCUT2D eigenvalue weighted by molar-refractivity contribution is 0.142. The third-order valence-corrected chi connectivity index (χ3v) is 4.13. The van der Waals surface area contributed by atoms with Crippen LogP contribution in [0.25, 0.3) is 0 Å². The molecule has 0 aromatic carbocycles. The van der Waals surface area contributed by atoms with Gasteiger partial charge in [-0.3, -0.25) is 4.90 Å². The lowest BCUT2D eigenvalue weighted by Gasteiger charge is -2.32. The average molecular weight is 301 g/mol. The molecule has 1 saturated heterocycles. The Morgan fingerprint density at radius 2 is 2.29 bits per heavy atom. The van der Waals surface area contributed by atoms with E-state index in [0.29, 0.717) is 12.0 Å². The molecule has 1 aromatic rings. The highest BCUT2D eigenvalue weighted by atomic mass is 79.9. The van der Waals surface area contributed by atoms with Crippen molar-refractivity contribution in [1.29, 1.82) is 0 Å². The Bertz CT molecular complexity index is 339. The molecule has 2 heterocycles. The summed E-state index contributed by atoms with van der Waals surface area (Å²) in [5, 5.41) is 0. The molecule has 17 heavy (non-hydrogen) atoms. The zero-order chi connectivity index (χ0) is 12.3. The molecule has 0 spiro atoms. The number of rotatable bonds is 3. The molecule has 0 amide bonds. The quantitative estimate of drug-likeness (QED) is 0.932. The van der Waals surface area contributed by atoms with Gasteiger partial charge in [0.05, 0.1) is 6.04 Å². The maximum atomic E-state index is 5.94. The summed E-state index contributed by atoms with van der Waals surface area (Å²) < 4.78 is 6.57. The minimum absolute atomic E-state index is 0.346. The number of furan rings is 1. The summed E-state index contributed by atoms with van der Waals surface area (Å²) >= 11 is 3.39. The molecule has 3 nitrogen and oxygen atoms in total. The van der Waals surface area contributed by atoms with Crippen LogP contribution in [0.2, 0.25) is 0 Å². The van der Waals surface area contributed by atoms with Crippen molar-refractivity contribution >= 4 is 15.9 Å². The molecule has 1 aromatic heterocycles. The van der Waals surface area contributed by atoms with Crippen molar-refractivity contribution in [2.45, 2.75) is 32.2 Å². The van der Waals surface area contributed by atoms with E-state index in [1.54, 1.807) is 0 Å². The van der Waals surface area contributed by atoms with Crippen LogP contribution in [0.4, 0.5) is 0 Å². The second kappa shape index (κ2) is 6.03. The molecule has 1 fully saturated rings. The highest BCUT2D eigenvalue weighted by Gasteiger charge is 2.31. The predicted molar refractivity (Wildman–Crippen MR) is 72.8 cm³/mol. The number of nitrogens with zero attached hydrogens (tertiary/aromatic N) is 1. The third kappa shape index (κ3) is 2.92. The van der Waals surface area contributed by atoms with Crippen LogP contribution in [-0.4, -0.2) is 24.5 Å². The van der Waals surface area contributed by atoms with Crippen LogP contribution in [0.15, 0.2) is 21.2 Å². The Kier molecular flexibility index (Phi) is 4.65. The highest BCUT2D eigenvalue weighted by molar-refractivity contribution is 9.10. The van der Waals surface area contributed by atoms with Gasteiger partial charge in [-0.05, 0) is 66.5 Å². The minimum Gasteiger partial charge on any atom is -0.453 e. The smallest absolute Gasteiger partial charge is 0.169 e. The Balaban J connectivity index is 2.27. The first-order chi connectivity index (χ1) is 8.26. The van der Waals surface area contributed by atoms with Crippen LogP contribution in [0.5, 0.6) is 0 Å². The maximum absolute atomic E-state index is 5.94. The molecule has 96 valence electrons. The Morgan fingerprint density at radius 3 is 2.88 bits per heavy atom. The van der Waals surface area contributed by atoms with Gasteiger partial charge in [-0.2, -0.15) is 0 Å². The molecule has 2 rings (SSSR count). The summed E-state index contributed by atoms with van der Waals surface area (Å²) in [6.45, 7) is 5.15. The fraction of sp³-hybridized carbons (Fsp3) is 0.692. The van der Waals surface area contributed by atoms with Crippen LogP contribution >= 0.6 is 15.9 Å². The van der Waals surface area contributed by atoms with Crippen LogP contribution < -0.4 is 5.73 Å². The van der Waals surface area contributed by atoms with E-state index in [0.717, 1.165) is 30.1 Å². The van der Waals surface area contributed by atoms with Crippen molar-refractivity contribution in [3.8, 4) is 0 Å². The van der Waals surface area contributed by atoms with Crippen molar-refractivity contribution in [2.75, 3.05) is 19.6 Å². The van der Waals surface area contributed by atoms with Gasteiger partial charge in [-0.25, -0.2) is 0 Å². The monoisotopic (exact) mass is 300 g/mol. The summed E-state index contributed by atoms with van der Waals surface area (Å²) in [4.78, 5) is 2.50. The second-order valence-electron chi connectivity index (χ2n) is 4.71. The van der Waals surface area contributed by atoms with E-state index >= 15 is 0 Å². The largest absolute Gasteiger partial charge is 0.453 e. The first-order valence-electron chi connectivity index (χ1n) is 6.45. The normalized spacial score (nSPS) is 27.0. The molecule has 0 saturated carbocycles. The molecule has 2 unspecified atom stereocenters. The lowest BCUT2D eigenvalue weighted by Crippen LogP contribution is -2.35. The first kappa shape index (κ1) is 13.1. The number of likely N-dealkylation sites (tertiary alicyclic amines) is 1. The van der Waals surface area contributed by atoms with E-state index in [4.69, 9.17) is 10.2 Å². The van der Waals surface area contributed by atoms with E-state index < -0.39 is 0 Å². The molecule has 1 aliphatic rings. The molecular weight excluding hydrogens is 280 g/mol. The fourth-order valence-electron chi connectivity index (χ4n) is 2.82. The van der Waals surface area contributed by atoms with Gasteiger partial charge in [0.1, 0.15) is 5.76 Å². The number of halogens is 1. The summed E-state index contributed by atoms with van der Waals surface area (Å²) in [7, 11) is 0. The van der Waals surface area contributed by atoms with Crippen LogP contribution in [0.1, 0.15) is 38.0 Å². The Morgan fingerprint density at radius 1 is 1.47 bits per heavy atom. The van der Waals surface area contributed by atoms with Gasteiger partial charge in [0.15, 0.2) is 4.67 Å². The van der Waals surface area contributed by atoms with Gasteiger partial charge in [0.2, 0.25) is 0 Å². The van der Waals surface area contributed by atoms with Crippen molar-refractivity contribution in [3.05, 3.63) is 22.6 Å². The number of nitrogens with two attached hydrogens (primary N) is 1. The maximum Gasteiger partial charge on any atom is 0.169 e. The number of hydrogen-bond acceptors (Lipinski definition) is 3. The van der Waals surface area contributed by atoms with Crippen LogP contribution in [-0.2, 0) is 0 Å². The van der Waals surface area contributed by atoms with Gasteiger partial charge in [-0.1, -0.05) is 13.3 Å². The topological polar surface area (TPSA) is 42.4 Å². The minimum atomic E-state index is 0.346. The summed E-state index contributed by atoms with van der Waals surface area (Å²) in [5.74, 6) is 1.56. The molecule has 2 N–H and O–H groups in total. The third-order valence-electron chi connectivity index (χ3n) is 3.70. The lowest BCUT2D eigenvalue weighted by atomic mass is 9.93. The molecule has 1 aliphatic heterocycles. The predicted octanol–water partition coefficient (Wildman–Crippen LogP) is 3.16. The summed E-state index contributed by atoms with van der Waals surface area (Å²) in [5.41, 5.74) is 5.94. The summed E-state index contributed by atoms with van der Waals surface area (Å²) in [6.07, 6.45) is 3.75. The van der Waals surface area contributed by atoms with Crippen molar-refractivity contribution in [1.82, 2.24) is 4.90 Å². The standard InChI is InChI=1S/C13H21BrN2O/c1-2-16-8-4-3-5-10(9-15)13(16)11-6-7-12(14)17-11/h6-7,10,13H,2-5,8-9,15H2,1H3. The number of hydrogen-bond donors (Lipinski definition) is 1. The molecule has 2 atom stereocenters. The highest BCUT2D eigenvalue weighted by Crippen LogP contribution is 2.36. The molecule has 0 bridgehead atoms. The van der Waals surface area contributed by atoms with Crippen LogP contribution in [0, 0.1) is 5.92 Å². The first-order valence-corrected chi connectivity index (χ1v) is 7.25. The SMILES string of the molecule is CCN1CCCCC(CN)C1c1ccc(Br)o1. The molecule has 0 aliphatic carbocycles. The van der Waals surface area contributed by atoms with E-state index in [1.807, 2.05) is 6.07 Å². The van der Waals surface area contributed by atoms with Gasteiger partial charge >= 0.3 is 0 Å². The van der Waals surface area contributed by atoms with E-state index in [1.165, 1.54) is 19.3 Å². The van der Waals surface area contributed by atoms with Crippen molar-refractivity contribution < 1.29 is 4.42 Å². The van der Waals surface area contributed by atoms with Crippen LogP contribution in [0.3, 0.4) is 0 Å². The van der Waals surface area contributed by atoms with E-state index in [9.17, 15) is 0 Å². The van der Waals surface area contributed by atoms with Gasteiger partial charge < -0.3 is 10.2 Å². The average Bonchev–Trinajstić information content (AvgIpc) is 2.65. The molecule has 0 radical (unpaired) electrons. The van der Waals surface area contributed by atoms with Gasteiger partial charge in [0, 0.05) is 0 Å².